The van der Waals surface area contributed by atoms with Crippen LogP contribution in [0.2, 0.25) is 0 Å². The van der Waals surface area contributed by atoms with E-state index in [1.54, 1.807) is 0 Å². The van der Waals surface area contributed by atoms with Crippen LogP contribution < -0.4 is 26.2 Å². The van der Waals surface area contributed by atoms with Gasteiger partial charge in [-0.1, -0.05) is 344 Å². The average molecular weight is 1450 g/mol. The quantitative estimate of drug-likeness (QED) is 0.0813. The van der Waals surface area contributed by atoms with Gasteiger partial charge in [-0.15, -0.1) is 0 Å². The number of benzene rings is 17. The number of para-hydroxylation sites is 4. The summed E-state index contributed by atoms with van der Waals surface area (Å²) < 4.78 is 5.11. The van der Waals surface area contributed by atoms with Gasteiger partial charge in [0.25, 0.3) is 6.71 Å². The number of aromatic nitrogens is 2. The highest BCUT2D eigenvalue weighted by Crippen LogP contribution is 2.56. The van der Waals surface area contributed by atoms with Crippen LogP contribution in [0.4, 0.5) is 34.1 Å². The number of hydrogen-bond acceptors (Lipinski definition) is 2. The summed E-state index contributed by atoms with van der Waals surface area (Å²) in [6, 6.07) is 125. The molecule has 0 spiro atoms. The zero-order valence-corrected chi connectivity index (χ0v) is 66.5. The second-order valence-corrected chi connectivity index (χ2v) is 36.0. The van der Waals surface area contributed by atoms with Crippen LogP contribution in [0.5, 0.6) is 0 Å². The van der Waals surface area contributed by atoms with Crippen molar-refractivity contribution in [2.24, 2.45) is 0 Å². The fourth-order valence-electron chi connectivity index (χ4n) is 19.3. The Balaban J connectivity index is 0.931. The molecule has 4 heterocycles. The van der Waals surface area contributed by atoms with Crippen LogP contribution in [0, 0.1) is 0 Å². The Hall–Kier alpha value is -12.7. The first-order chi connectivity index (χ1) is 54.6. The molecule has 2 aromatic heterocycles. The van der Waals surface area contributed by atoms with Crippen molar-refractivity contribution in [1.82, 2.24) is 9.13 Å². The summed E-state index contributed by atoms with van der Waals surface area (Å²) in [6.45, 7) is 27.6. The molecule has 0 bridgehead atoms. The lowest BCUT2D eigenvalue weighted by Gasteiger charge is -2.46. The van der Waals surface area contributed by atoms with Gasteiger partial charge in [0, 0.05) is 77.9 Å². The topological polar surface area (TPSA) is 16.3 Å². The number of hydrogen-bond donors (Lipinski definition) is 0. The predicted octanol–water partition coefficient (Wildman–Crippen LogP) is 27.8. The molecule has 0 unspecified atom stereocenters. The van der Waals surface area contributed by atoms with Crippen LogP contribution in [-0.4, -0.2) is 15.8 Å². The fourth-order valence-corrected chi connectivity index (χ4v) is 19.3. The molecule has 544 valence electrons. The fraction of sp³-hybridized carbons (Fsp3) is 0.148. The molecule has 5 heteroatoms. The second-order valence-electron chi connectivity index (χ2n) is 36.0. The number of fused-ring (bicyclic) bond motifs is 8. The van der Waals surface area contributed by atoms with Crippen molar-refractivity contribution in [3.8, 4) is 67.0 Å². The highest BCUT2D eigenvalue weighted by molar-refractivity contribution is 7.00. The zero-order valence-electron chi connectivity index (χ0n) is 66.5. The minimum absolute atomic E-state index is 0.0545. The van der Waals surface area contributed by atoms with E-state index in [9.17, 15) is 0 Å². The van der Waals surface area contributed by atoms with E-state index in [0.29, 0.717) is 0 Å². The Kier molecular flexibility index (Phi) is 15.1. The molecule has 0 N–H and O–H groups in total. The van der Waals surface area contributed by atoms with Crippen molar-refractivity contribution in [3.63, 3.8) is 0 Å². The van der Waals surface area contributed by atoms with Crippen molar-refractivity contribution in [2.45, 2.75) is 105 Å². The van der Waals surface area contributed by atoms with Crippen LogP contribution in [0.1, 0.15) is 105 Å². The molecule has 113 heavy (non-hydrogen) atoms. The standard InChI is InChI=1S/C108H89BN4/c1-105(2,3)74-48-38-67(39-49-74)80-30-22-31-81(68-40-50-75(51-41-68)106(4,5)6)103(80)112-94-64-78(110-90-36-18-16-28-84(90)85-29-17-19-37-91(85)110)56-58-88(94)109-89-59-57-79(111-92-60-46-71-26-20-34-86-87-35-21-27-72-47-61-93(111)101(99(72)87)100(92)98(71)86)65-95(89)113(97-63-73(62-96(112)102(97)109)66-24-14-13-15-25-66)104-82(69-42-52-76(53-43-69)107(7,8)9)32-23-33-83(104)70-44-54-77(55-45-70)108(10,11)12/h13-65H,1-12H3. The number of rotatable bonds is 9. The minimum Gasteiger partial charge on any atom is -0.310 e. The van der Waals surface area contributed by atoms with E-state index >= 15 is 0 Å². The Morgan fingerprint density at radius 1 is 0.230 bits per heavy atom. The van der Waals surface area contributed by atoms with Gasteiger partial charge in [-0.25, -0.2) is 0 Å². The lowest BCUT2D eigenvalue weighted by atomic mass is 9.33. The van der Waals surface area contributed by atoms with Gasteiger partial charge in [-0.3, -0.25) is 0 Å². The van der Waals surface area contributed by atoms with Gasteiger partial charge >= 0.3 is 0 Å². The van der Waals surface area contributed by atoms with Crippen LogP contribution in [0.15, 0.2) is 322 Å². The molecule has 4 nitrogen and oxygen atoms in total. The van der Waals surface area contributed by atoms with Crippen molar-refractivity contribution in [1.29, 1.82) is 0 Å². The van der Waals surface area contributed by atoms with Gasteiger partial charge in [0.05, 0.1) is 33.4 Å². The van der Waals surface area contributed by atoms with Crippen LogP contribution in [0.25, 0.3) is 143 Å². The van der Waals surface area contributed by atoms with E-state index in [0.717, 1.165) is 101 Å². The van der Waals surface area contributed by atoms with E-state index in [1.165, 1.54) is 115 Å². The summed E-state index contributed by atoms with van der Waals surface area (Å²) in [4.78, 5) is 5.47. The summed E-state index contributed by atoms with van der Waals surface area (Å²) >= 11 is 0. The molecule has 2 aliphatic rings. The zero-order chi connectivity index (χ0) is 76.9. The van der Waals surface area contributed by atoms with Gasteiger partial charge in [-0.05, 0) is 187 Å². The molecule has 0 saturated heterocycles. The molecule has 0 atom stereocenters. The lowest BCUT2D eigenvalue weighted by molar-refractivity contribution is 0.590. The molecule has 19 aromatic rings. The van der Waals surface area contributed by atoms with Gasteiger partial charge < -0.3 is 18.9 Å². The SMILES string of the molecule is CC(C)(C)c1ccc(-c2cccc(-c3ccc(C(C)(C)C)cc3)c2N2c3cc(-n4c5ccccc5c5ccccc54)ccc3B3c4ccc(-n5c6ccc7cccc8c9cccc%10ccc5c(c%109)c6c78)cc4N(c4c(-c5ccc(C(C)(C)C)cc5)cccc4-c4ccc(C(C)(C)C)cc4)c4cc(-c5ccccc5)cc2c43)cc1. The summed E-state index contributed by atoms with van der Waals surface area (Å²) in [7, 11) is 0. The maximum atomic E-state index is 2.74. The third-order valence-electron chi connectivity index (χ3n) is 25.1. The highest BCUT2D eigenvalue weighted by Gasteiger charge is 2.46. The van der Waals surface area contributed by atoms with Crippen molar-refractivity contribution in [3.05, 3.63) is 344 Å². The van der Waals surface area contributed by atoms with E-state index < -0.39 is 0 Å². The Morgan fingerprint density at radius 3 is 0.938 bits per heavy atom. The highest BCUT2D eigenvalue weighted by atomic mass is 15.2. The molecule has 0 aliphatic carbocycles. The molecule has 0 radical (unpaired) electrons. The van der Waals surface area contributed by atoms with Gasteiger partial charge in [0.15, 0.2) is 0 Å². The molecular formula is C108H89BN4. The summed E-state index contributed by atoms with van der Waals surface area (Å²) in [5.41, 5.74) is 33.7. The maximum absolute atomic E-state index is 2.74. The molecule has 0 amide bonds. The molecule has 21 rings (SSSR count). The van der Waals surface area contributed by atoms with E-state index in [2.05, 4.69) is 424 Å². The van der Waals surface area contributed by atoms with Crippen LogP contribution >= 0.6 is 0 Å². The van der Waals surface area contributed by atoms with E-state index in [-0.39, 0.29) is 28.4 Å². The number of nitrogens with zero attached hydrogens (tertiary/aromatic N) is 4. The maximum Gasteiger partial charge on any atom is 0.252 e. The normalized spacial score (nSPS) is 13.3. The minimum atomic E-state index is -0.276. The largest absolute Gasteiger partial charge is 0.310 e. The molecule has 0 saturated carbocycles. The summed E-state index contributed by atoms with van der Waals surface area (Å²) in [5, 5.41) is 12.8. The number of anilines is 6. The van der Waals surface area contributed by atoms with Crippen LogP contribution in [-0.2, 0) is 21.7 Å². The first-order valence-electron chi connectivity index (χ1n) is 40.3. The molecule has 2 aliphatic heterocycles. The molecule has 17 aromatic carbocycles. The first-order valence-corrected chi connectivity index (χ1v) is 40.3. The van der Waals surface area contributed by atoms with Gasteiger partial charge in [0.2, 0.25) is 0 Å². The first kappa shape index (κ1) is 68.3. The molecular weight excluding hydrogens is 1360 g/mol. The van der Waals surface area contributed by atoms with Crippen molar-refractivity contribution < 1.29 is 0 Å². The average Bonchev–Trinajstić information content (AvgIpc) is 1.32. The smallest absolute Gasteiger partial charge is 0.252 e. The second kappa shape index (κ2) is 24.9. The summed E-state index contributed by atoms with van der Waals surface area (Å²) in [6.07, 6.45) is 0. The third kappa shape index (κ3) is 10.6. The van der Waals surface area contributed by atoms with Gasteiger partial charge in [-0.2, -0.15) is 0 Å². The monoisotopic (exact) mass is 1450 g/mol. The lowest BCUT2D eigenvalue weighted by Crippen LogP contribution is -2.61. The van der Waals surface area contributed by atoms with Gasteiger partial charge in [0.1, 0.15) is 0 Å². The predicted molar refractivity (Wildman–Crippen MR) is 486 cm³/mol. The Morgan fingerprint density at radius 2 is 0.566 bits per heavy atom. The third-order valence-corrected chi connectivity index (χ3v) is 25.1. The van der Waals surface area contributed by atoms with Crippen molar-refractivity contribution in [2.75, 3.05) is 9.80 Å². The summed E-state index contributed by atoms with van der Waals surface area (Å²) in [5.74, 6) is 0. The van der Waals surface area contributed by atoms with E-state index in [4.69, 9.17) is 0 Å². The Bertz CT molecular complexity index is 6740. The van der Waals surface area contributed by atoms with Crippen molar-refractivity contribution >= 4 is 133 Å². The van der Waals surface area contributed by atoms with E-state index in [1.807, 2.05) is 0 Å². The molecule has 0 fully saturated rings. The Labute approximate surface area is 663 Å². The van der Waals surface area contributed by atoms with Crippen LogP contribution in [0.3, 0.4) is 0 Å².